The first-order chi connectivity index (χ1) is 20.0. The molecule has 1 aliphatic rings. The summed E-state index contributed by atoms with van der Waals surface area (Å²) in [6.07, 6.45) is 8.86. The van der Waals surface area contributed by atoms with Gasteiger partial charge < -0.3 is 19.7 Å². The predicted molar refractivity (Wildman–Crippen MR) is 163 cm³/mol. The summed E-state index contributed by atoms with van der Waals surface area (Å²) in [7, 11) is -0.743. The molecule has 0 radical (unpaired) electrons. The largest absolute Gasteiger partial charge is 0.506 e. The fourth-order valence-corrected chi connectivity index (χ4v) is 5.97. The van der Waals surface area contributed by atoms with E-state index in [1.54, 1.807) is 18.2 Å². The van der Waals surface area contributed by atoms with Crippen LogP contribution in [0.3, 0.4) is 0 Å². The van der Waals surface area contributed by atoms with Crippen LogP contribution in [0.15, 0.2) is 60.7 Å². The second-order valence-corrected chi connectivity index (χ2v) is 12.3. The molecule has 3 aromatic carbocycles. The summed E-state index contributed by atoms with van der Waals surface area (Å²) in [6, 6.07) is 18.7. The number of hydrogen-bond acceptors (Lipinski definition) is 7. The lowest BCUT2D eigenvalue weighted by Gasteiger charge is -2.12. The van der Waals surface area contributed by atoms with E-state index in [1.807, 2.05) is 42.5 Å². The number of aromatic hydroxyl groups is 1. The van der Waals surface area contributed by atoms with Gasteiger partial charge in [-0.05, 0) is 66.8 Å². The van der Waals surface area contributed by atoms with Gasteiger partial charge in [-0.25, -0.2) is 0 Å². The van der Waals surface area contributed by atoms with Crippen LogP contribution < -0.4 is 9.47 Å². The van der Waals surface area contributed by atoms with E-state index in [0.717, 1.165) is 46.7 Å². The minimum absolute atomic E-state index is 0.0682. The average Bonchev–Trinajstić information content (AvgIpc) is 3.63. The molecule has 0 fully saturated rings. The Morgan fingerprint density at radius 1 is 0.902 bits per heavy atom. The monoisotopic (exact) mass is 579 g/mol. The Morgan fingerprint density at radius 3 is 2.32 bits per heavy atom. The molecule has 1 aromatic heterocycles. The van der Waals surface area contributed by atoms with Crippen molar-refractivity contribution in [3.05, 3.63) is 71.8 Å². The second kappa shape index (κ2) is 15.5. The molecule has 2 N–H and O–H groups in total. The molecule has 41 heavy (non-hydrogen) atoms. The van der Waals surface area contributed by atoms with Gasteiger partial charge in [-0.3, -0.25) is 4.21 Å². The van der Waals surface area contributed by atoms with Gasteiger partial charge in [0.2, 0.25) is 6.79 Å². The molecule has 0 saturated heterocycles. The zero-order valence-electron chi connectivity index (χ0n) is 24.0. The molecule has 2 unspecified atom stereocenters. The molecule has 5 rings (SSSR count). The number of unbranched alkanes of at least 4 members (excludes halogenated alkanes) is 5. The molecule has 0 spiro atoms. The Morgan fingerprint density at radius 2 is 1.59 bits per heavy atom. The van der Waals surface area contributed by atoms with E-state index in [9.17, 15) is 9.32 Å². The topological polar surface area (TPSA) is 107 Å². The maximum atomic E-state index is 12.3. The van der Waals surface area contributed by atoms with E-state index in [0.29, 0.717) is 18.9 Å². The van der Waals surface area contributed by atoms with Crippen molar-refractivity contribution >= 4 is 21.8 Å². The lowest BCUT2D eigenvalue weighted by Crippen LogP contribution is -2.16. The molecule has 9 heteroatoms. The summed E-state index contributed by atoms with van der Waals surface area (Å²) >= 11 is 0. The molecule has 1 aliphatic heterocycles. The van der Waals surface area contributed by atoms with Crippen LogP contribution in [-0.2, 0) is 23.6 Å². The van der Waals surface area contributed by atoms with Crippen LogP contribution in [0, 0.1) is 0 Å². The lowest BCUT2D eigenvalue weighted by atomic mass is 10.1. The van der Waals surface area contributed by atoms with Crippen molar-refractivity contribution in [2.45, 2.75) is 70.5 Å². The molecule has 0 aliphatic carbocycles. The van der Waals surface area contributed by atoms with Crippen molar-refractivity contribution in [2.75, 3.05) is 19.2 Å². The Bertz CT molecular complexity index is 1390. The first-order valence-corrected chi connectivity index (χ1v) is 15.9. The van der Waals surface area contributed by atoms with Crippen LogP contribution >= 0.6 is 0 Å². The highest BCUT2D eigenvalue weighted by molar-refractivity contribution is 7.85. The molecule has 0 bridgehead atoms. The van der Waals surface area contributed by atoms with Crippen molar-refractivity contribution < 1.29 is 23.9 Å². The van der Waals surface area contributed by atoms with E-state index in [-0.39, 0.29) is 17.6 Å². The number of phenols is 1. The van der Waals surface area contributed by atoms with E-state index in [4.69, 9.17) is 14.6 Å². The van der Waals surface area contributed by atoms with Crippen LogP contribution in [0.25, 0.3) is 16.7 Å². The summed E-state index contributed by atoms with van der Waals surface area (Å²) in [5.41, 5.74) is 4.16. The minimum atomic E-state index is -0.743. The number of ether oxygens (including phenoxy) is 2. The number of nitrogens with zero attached hydrogens (tertiary/aromatic N) is 3. The number of aromatic nitrogens is 3. The van der Waals surface area contributed by atoms with Gasteiger partial charge >= 0.3 is 0 Å². The highest BCUT2D eigenvalue weighted by Crippen LogP contribution is 2.33. The molecular weight excluding hydrogens is 538 g/mol. The van der Waals surface area contributed by atoms with E-state index >= 15 is 0 Å². The van der Waals surface area contributed by atoms with Gasteiger partial charge in [-0.15, -0.1) is 15.0 Å². The summed E-state index contributed by atoms with van der Waals surface area (Å²) in [6.45, 7) is 4.68. The Hall–Kier alpha value is -3.43. The third-order valence-corrected chi connectivity index (χ3v) is 8.81. The van der Waals surface area contributed by atoms with Gasteiger partial charge in [0.1, 0.15) is 22.5 Å². The van der Waals surface area contributed by atoms with Gasteiger partial charge in [0.25, 0.3) is 0 Å². The second-order valence-electron chi connectivity index (χ2n) is 10.3. The predicted octanol–water partition coefficient (Wildman–Crippen LogP) is 6.12. The Balaban J connectivity index is 0.000000191. The maximum absolute atomic E-state index is 12.3. The van der Waals surface area contributed by atoms with Crippen LogP contribution in [0.2, 0.25) is 0 Å². The molecule has 0 amide bonds. The molecular formula is C32H41N3O5S. The van der Waals surface area contributed by atoms with E-state index in [2.05, 4.69) is 24.0 Å². The lowest BCUT2D eigenvalue weighted by molar-refractivity contribution is 0.174. The van der Waals surface area contributed by atoms with Crippen LogP contribution in [0.5, 0.6) is 17.2 Å². The van der Waals surface area contributed by atoms with Gasteiger partial charge in [0.05, 0.1) is 0 Å². The van der Waals surface area contributed by atoms with Gasteiger partial charge in [0, 0.05) is 28.4 Å². The molecule has 2 atom stereocenters. The van der Waals surface area contributed by atoms with Crippen molar-refractivity contribution in [3.8, 4) is 22.9 Å². The molecule has 4 aromatic rings. The molecule has 2 heterocycles. The third kappa shape index (κ3) is 8.78. The van der Waals surface area contributed by atoms with Gasteiger partial charge in [-0.2, -0.15) is 0 Å². The van der Waals surface area contributed by atoms with Crippen LogP contribution in [0.4, 0.5) is 0 Å². The smallest absolute Gasteiger partial charge is 0.231 e. The standard InChI is InChI=1S/C18H28O3S.C14H13N3O2/c1-3-4-5-6-7-8-11-22(19)15(2)12-16-9-10-17-18(13-16)21-14-20-17;18-8-7-10-5-6-14(19)13(9-10)17-15-11-3-1-2-4-12(11)16-17/h9-10,13,15H,3-8,11-12,14H2,1-2H3;1-6,9,18-19H,7-8H2. The van der Waals surface area contributed by atoms with Gasteiger partial charge in [-0.1, -0.05) is 70.2 Å². The summed E-state index contributed by atoms with van der Waals surface area (Å²) < 4.78 is 23.0. The zero-order chi connectivity index (χ0) is 29.0. The summed E-state index contributed by atoms with van der Waals surface area (Å²) in [5.74, 6) is 2.57. The highest BCUT2D eigenvalue weighted by Gasteiger charge is 2.16. The molecule has 0 saturated carbocycles. The first kappa shape index (κ1) is 30.5. The normalized spacial score (nSPS) is 13.5. The number of rotatable bonds is 13. The number of phenolic OH excluding ortho intramolecular Hbond substituents is 1. The number of benzene rings is 3. The van der Waals surface area contributed by atoms with Crippen LogP contribution in [0.1, 0.15) is 63.5 Å². The Labute approximate surface area is 244 Å². The maximum Gasteiger partial charge on any atom is 0.231 e. The number of aliphatic hydroxyl groups is 1. The molecule has 220 valence electrons. The SMILES string of the molecule is CCCCCCCCS(=O)C(C)Cc1ccc2c(c1)OCO2.OCCc1ccc(O)c(-n2nc3ccccc3n2)c1. The summed E-state index contributed by atoms with van der Waals surface area (Å²) in [4.78, 5) is 1.42. The zero-order valence-corrected chi connectivity index (χ0v) is 24.8. The number of hydrogen-bond donors (Lipinski definition) is 2. The summed E-state index contributed by atoms with van der Waals surface area (Å²) in [5, 5.41) is 27.7. The number of fused-ring (bicyclic) bond motifs is 2. The fraction of sp³-hybridized carbons (Fsp3) is 0.438. The van der Waals surface area contributed by atoms with Crippen molar-refractivity contribution in [1.29, 1.82) is 0 Å². The van der Waals surface area contributed by atoms with E-state index < -0.39 is 10.8 Å². The highest BCUT2D eigenvalue weighted by atomic mass is 32.2. The quantitative estimate of drug-likeness (QED) is 0.184. The first-order valence-electron chi connectivity index (χ1n) is 14.5. The van der Waals surface area contributed by atoms with Crippen molar-refractivity contribution in [3.63, 3.8) is 0 Å². The van der Waals surface area contributed by atoms with Crippen molar-refractivity contribution in [1.82, 2.24) is 15.0 Å². The van der Waals surface area contributed by atoms with Crippen molar-refractivity contribution in [2.24, 2.45) is 0 Å². The minimum Gasteiger partial charge on any atom is -0.506 e. The van der Waals surface area contributed by atoms with Crippen LogP contribution in [-0.4, -0.2) is 53.8 Å². The molecule has 8 nitrogen and oxygen atoms in total. The fourth-order valence-electron chi connectivity index (χ4n) is 4.70. The number of aliphatic hydroxyl groups excluding tert-OH is 1. The average molecular weight is 580 g/mol. The van der Waals surface area contributed by atoms with E-state index in [1.165, 1.54) is 42.5 Å². The Kier molecular flexibility index (Phi) is 11.6. The third-order valence-electron chi connectivity index (χ3n) is 7.05. The van der Waals surface area contributed by atoms with Gasteiger partial charge in [0.15, 0.2) is 11.5 Å².